The fourth-order valence-corrected chi connectivity index (χ4v) is 3.05. The van der Waals surface area contributed by atoms with E-state index in [-0.39, 0.29) is 23.1 Å². The second-order valence-electron chi connectivity index (χ2n) is 4.76. The van der Waals surface area contributed by atoms with Crippen LogP contribution in [0.1, 0.15) is 13.3 Å². The van der Waals surface area contributed by atoms with Gasteiger partial charge < -0.3 is 9.84 Å². The summed E-state index contributed by atoms with van der Waals surface area (Å²) in [7, 11) is 0. The number of rotatable bonds is 3. The molecular formula is C10H20BrO2P. The van der Waals surface area contributed by atoms with Crippen molar-refractivity contribution in [3.05, 3.63) is 0 Å². The molecule has 4 atom stereocenters. The van der Waals surface area contributed by atoms with E-state index < -0.39 is 6.89 Å². The van der Waals surface area contributed by atoms with Gasteiger partial charge in [0.2, 0.25) is 0 Å². The third-order valence-corrected chi connectivity index (χ3v) is 5.32. The van der Waals surface area contributed by atoms with Crippen molar-refractivity contribution in [1.82, 2.24) is 0 Å². The molecule has 1 unspecified atom stereocenters. The quantitative estimate of drug-likeness (QED) is 0.634. The summed E-state index contributed by atoms with van der Waals surface area (Å²) in [5.41, 5.74) is 0. The molecule has 0 aromatic heterocycles. The molecule has 2 nitrogen and oxygen atoms in total. The second kappa shape index (κ2) is 4.69. The van der Waals surface area contributed by atoms with Gasteiger partial charge in [0.05, 0.1) is 23.1 Å². The minimum Gasteiger partial charge on any atom is -0.389 e. The predicted octanol–water partition coefficient (Wildman–Crippen LogP) is 2.00. The maximum atomic E-state index is 9.84. The average Bonchev–Trinajstić information content (AvgIpc) is 2.28. The van der Waals surface area contributed by atoms with E-state index in [0.717, 1.165) is 12.6 Å². The number of aliphatic hydroxyl groups is 1. The number of alkyl halides is 1. The highest BCUT2D eigenvalue weighted by atomic mass is 79.9. The molecule has 0 amide bonds. The Morgan fingerprint density at radius 3 is 2.43 bits per heavy atom. The molecule has 0 spiro atoms. The number of hydrogen-bond acceptors (Lipinski definition) is 2. The summed E-state index contributed by atoms with van der Waals surface area (Å²) < 4.78 is 5.67. The fraction of sp³-hybridized carbons (Fsp3) is 0.900. The topological polar surface area (TPSA) is 29.5 Å². The number of hydrogen-bond donors (Lipinski definition) is 1. The summed E-state index contributed by atoms with van der Waals surface area (Å²) in [6.07, 6.45) is 5.91. The first kappa shape index (κ1) is 12.8. The van der Waals surface area contributed by atoms with Crippen LogP contribution in [-0.2, 0) is 4.74 Å². The molecule has 1 aliphatic heterocycles. The Morgan fingerprint density at radius 2 is 2.07 bits per heavy atom. The van der Waals surface area contributed by atoms with Gasteiger partial charge in [-0.3, -0.25) is 0 Å². The molecule has 1 rings (SSSR count). The Labute approximate surface area is 95.1 Å². The van der Waals surface area contributed by atoms with Crippen molar-refractivity contribution < 1.29 is 9.84 Å². The normalized spacial score (nSPS) is 38.9. The van der Waals surface area contributed by atoms with Gasteiger partial charge in [-0.05, 0) is 32.8 Å². The van der Waals surface area contributed by atoms with E-state index in [1.807, 2.05) is 6.92 Å². The molecular weight excluding hydrogens is 263 g/mol. The van der Waals surface area contributed by atoms with Gasteiger partial charge in [-0.1, -0.05) is 15.9 Å². The van der Waals surface area contributed by atoms with E-state index in [0.29, 0.717) is 0 Å². The highest BCUT2D eigenvalue weighted by Crippen LogP contribution is 2.38. The Kier molecular flexibility index (Phi) is 4.28. The summed E-state index contributed by atoms with van der Waals surface area (Å²) in [4.78, 5) is 0.0822. The minimum atomic E-state index is -0.991. The van der Waals surface area contributed by atoms with Gasteiger partial charge in [0.15, 0.2) is 0 Å². The van der Waals surface area contributed by atoms with Gasteiger partial charge in [0.1, 0.15) is 0 Å². The summed E-state index contributed by atoms with van der Waals surface area (Å²) in [5.74, 6) is 0. The third-order valence-electron chi connectivity index (χ3n) is 2.56. The largest absolute Gasteiger partial charge is 0.389 e. The lowest BCUT2D eigenvalue weighted by molar-refractivity contribution is 0.0150. The first-order chi connectivity index (χ1) is 6.31. The van der Waals surface area contributed by atoms with Crippen molar-refractivity contribution in [2.45, 2.75) is 36.5 Å². The lowest BCUT2D eigenvalue weighted by atomic mass is 10.1. The van der Waals surface area contributed by atoms with E-state index in [9.17, 15) is 5.11 Å². The van der Waals surface area contributed by atoms with Crippen molar-refractivity contribution in [3.8, 4) is 0 Å². The van der Waals surface area contributed by atoms with Crippen LogP contribution in [0.3, 0.4) is 0 Å². The summed E-state index contributed by atoms with van der Waals surface area (Å²) in [6, 6.07) is 0. The summed E-state index contributed by atoms with van der Waals surface area (Å²) in [6.45, 7) is 5.43. The molecule has 0 aromatic rings. The molecule has 4 heteroatoms. The molecule has 0 saturated carbocycles. The van der Waals surface area contributed by atoms with Gasteiger partial charge in [0.25, 0.3) is 0 Å². The first-order valence-corrected chi connectivity index (χ1v) is 8.93. The van der Waals surface area contributed by atoms with Gasteiger partial charge in [-0.2, -0.15) is 0 Å². The van der Waals surface area contributed by atoms with Crippen LogP contribution in [-0.4, -0.2) is 54.0 Å². The Hall–Kier alpha value is 0.700. The number of ether oxygens (including phenoxy) is 1. The molecule has 0 radical (unpaired) electrons. The van der Waals surface area contributed by atoms with Crippen LogP contribution in [0.2, 0.25) is 0 Å². The molecule has 1 fully saturated rings. The molecule has 1 aliphatic rings. The van der Waals surface area contributed by atoms with Crippen molar-refractivity contribution in [2.24, 2.45) is 0 Å². The van der Waals surface area contributed by atoms with Crippen molar-refractivity contribution >= 4 is 29.1 Å². The van der Waals surface area contributed by atoms with Gasteiger partial charge in [-0.25, -0.2) is 0 Å². The molecule has 0 aromatic carbocycles. The number of halogens is 1. The maximum Gasteiger partial charge on any atom is 0.0951 e. The van der Waals surface area contributed by atoms with Crippen LogP contribution < -0.4 is 0 Å². The Balaban J connectivity index is 2.44. The monoisotopic (exact) mass is 282 g/mol. The highest BCUT2D eigenvalue weighted by molar-refractivity contribution is 9.09. The standard InChI is InChI=1S/C10H20BrO2P/c1-7-9(11)10(12)8(13-7)5-6-14(2,3)4/h7-10,12H,2,5-6H2,1,3-4H3/t7-,8?,9-,10+/m0/s1. The zero-order chi connectivity index (χ0) is 10.9. The highest BCUT2D eigenvalue weighted by Gasteiger charge is 2.39. The second-order valence-corrected chi connectivity index (χ2v) is 10.1. The van der Waals surface area contributed by atoms with Crippen molar-refractivity contribution in [2.75, 3.05) is 19.5 Å². The van der Waals surface area contributed by atoms with Crippen LogP contribution in [0.25, 0.3) is 0 Å². The lowest BCUT2D eigenvalue weighted by Gasteiger charge is -2.18. The first-order valence-electron chi connectivity index (χ1n) is 4.96. The Morgan fingerprint density at radius 1 is 1.50 bits per heavy atom. The van der Waals surface area contributed by atoms with E-state index in [4.69, 9.17) is 4.74 Å². The van der Waals surface area contributed by atoms with Gasteiger partial charge in [-0.15, -0.1) is 13.2 Å². The van der Waals surface area contributed by atoms with Crippen LogP contribution in [0, 0.1) is 0 Å². The predicted molar refractivity (Wildman–Crippen MR) is 68.4 cm³/mol. The smallest absolute Gasteiger partial charge is 0.0951 e. The zero-order valence-corrected chi connectivity index (χ0v) is 11.6. The molecule has 1 saturated heterocycles. The molecule has 14 heavy (non-hydrogen) atoms. The molecule has 0 aliphatic carbocycles. The maximum absolute atomic E-state index is 9.84. The molecule has 0 bridgehead atoms. The van der Waals surface area contributed by atoms with Gasteiger partial charge >= 0.3 is 0 Å². The third kappa shape index (κ3) is 3.37. The molecule has 1 heterocycles. The fourth-order valence-electron chi connectivity index (χ4n) is 1.63. The minimum absolute atomic E-state index is 0.00426. The average molecular weight is 283 g/mol. The van der Waals surface area contributed by atoms with Crippen molar-refractivity contribution in [3.63, 3.8) is 0 Å². The van der Waals surface area contributed by atoms with Crippen LogP contribution in [0.5, 0.6) is 0 Å². The van der Waals surface area contributed by atoms with Crippen LogP contribution >= 0.6 is 22.8 Å². The number of aliphatic hydroxyl groups excluding tert-OH is 1. The van der Waals surface area contributed by atoms with Crippen molar-refractivity contribution in [1.29, 1.82) is 0 Å². The summed E-state index contributed by atoms with van der Waals surface area (Å²) in [5, 5.41) is 9.84. The van der Waals surface area contributed by atoms with E-state index in [1.54, 1.807) is 0 Å². The lowest BCUT2D eigenvalue weighted by Crippen LogP contribution is -2.27. The zero-order valence-electron chi connectivity index (χ0n) is 9.11. The SMILES string of the molecule is C=P(C)(C)CCC1O[C@@H](C)[C@H](Br)[C@@H]1O. The van der Waals surface area contributed by atoms with E-state index >= 15 is 0 Å². The van der Waals surface area contributed by atoms with Crippen LogP contribution in [0.4, 0.5) is 0 Å². The van der Waals surface area contributed by atoms with Gasteiger partial charge in [0, 0.05) is 0 Å². The molecule has 84 valence electrons. The summed E-state index contributed by atoms with van der Waals surface area (Å²) >= 11 is 3.45. The Bertz CT molecular complexity index is 238. The van der Waals surface area contributed by atoms with E-state index in [1.165, 1.54) is 0 Å². The molecule has 1 N–H and O–H groups in total. The van der Waals surface area contributed by atoms with Crippen LogP contribution in [0.15, 0.2) is 0 Å². The van der Waals surface area contributed by atoms with E-state index in [2.05, 4.69) is 35.6 Å².